The molecule has 2 heterocycles. The molecule has 2 aliphatic rings. The van der Waals surface area contributed by atoms with Crippen LogP contribution in [-0.2, 0) is 4.57 Å². The average Bonchev–Trinajstić information content (AvgIpc) is 2.62. The molecule has 0 aliphatic carbocycles. The van der Waals surface area contributed by atoms with Gasteiger partial charge in [0.25, 0.3) is 0 Å². The first kappa shape index (κ1) is 8.92. The number of hydrogen-bond donors (Lipinski definition) is 0. The van der Waals surface area contributed by atoms with E-state index in [1.807, 2.05) is 13.8 Å². The zero-order chi connectivity index (χ0) is 10.6. The van der Waals surface area contributed by atoms with Crippen molar-refractivity contribution >= 4 is 7.82 Å². The van der Waals surface area contributed by atoms with Crippen LogP contribution in [0.1, 0.15) is 13.8 Å². The molecule has 0 spiro atoms. The standard InChI is InChI=1S/C9H9O5P/c1-5(2)11-6-3-4-7-9-8(6)13-15(10,12-7)14-9/h3-5H,1-2H3. The van der Waals surface area contributed by atoms with Crippen molar-refractivity contribution in [2.24, 2.45) is 0 Å². The maximum Gasteiger partial charge on any atom is 0.647 e. The fourth-order valence-electron chi connectivity index (χ4n) is 1.52. The molecule has 0 radical (unpaired) electrons. The molecule has 80 valence electrons. The van der Waals surface area contributed by atoms with E-state index in [4.69, 9.17) is 18.3 Å². The molecule has 2 bridgehead atoms. The third kappa shape index (κ3) is 1.20. The number of fused-ring (bicyclic) bond motifs is 1. The van der Waals surface area contributed by atoms with Gasteiger partial charge in [-0.2, -0.15) is 4.57 Å². The molecule has 0 saturated heterocycles. The van der Waals surface area contributed by atoms with Gasteiger partial charge in [-0.05, 0) is 26.0 Å². The van der Waals surface area contributed by atoms with Gasteiger partial charge in [0, 0.05) is 0 Å². The number of benzene rings is 1. The first-order valence-corrected chi connectivity index (χ1v) is 6.06. The highest BCUT2D eigenvalue weighted by Crippen LogP contribution is 2.70. The Balaban J connectivity index is 2.09. The van der Waals surface area contributed by atoms with Gasteiger partial charge in [0.1, 0.15) is 0 Å². The summed E-state index contributed by atoms with van der Waals surface area (Å²) in [5.74, 6) is 1.76. The van der Waals surface area contributed by atoms with Crippen molar-refractivity contribution in [3.63, 3.8) is 0 Å². The number of ether oxygens (including phenoxy) is 1. The summed E-state index contributed by atoms with van der Waals surface area (Å²) in [6.07, 6.45) is 0.0175. The van der Waals surface area contributed by atoms with E-state index < -0.39 is 7.82 Å². The molecular weight excluding hydrogens is 219 g/mol. The Morgan fingerprint density at radius 1 is 1.20 bits per heavy atom. The van der Waals surface area contributed by atoms with Gasteiger partial charge in [-0.1, -0.05) is 0 Å². The van der Waals surface area contributed by atoms with Crippen molar-refractivity contribution in [1.29, 1.82) is 0 Å². The van der Waals surface area contributed by atoms with Crippen LogP contribution >= 0.6 is 7.82 Å². The van der Waals surface area contributed by atoms with Crippen molar-refractivity contribution < 1.29 is 22.9 Å². The maximum atomic E-state index is 11.6. The molecule has 3 rings (SSSR count). The van der Waals surface area contributed by atoms with Gasteiger partial charge < -0.3 is 18.3 Å². The average molecular weight is 228 g/mol. The van der Waals surface area contributed by atoms with Gasteiger partial charge in [-0.3, -0.25) is 0 Å². The van der Waals surface area contributed by atoms with Gasteiger partial charge in [0.15, 0.2) is 11.5 Å². The fraction of sp³-hybridized carbons (Fsp3) is 0.333. The van der Waals surface area contributed by atoms with Crippen molar-refractivity contribution in [3.05, 3.63) is 12.1 Å². The fourth-order valence-corrected chi connectivity index (χ4v) is 2.81. The Morgan fingerprint density at radius 3 is 2.60 bits per heavy atom. The van der Waals surface area contributed by atoms with Crippen LogP contribution in [0.15, 0.2) is 12.1 Å². The van der Waals surface area contributed by atoms with E-state index in [9.17, 15) is 4.57 Å². The Labute approximate surface area is 86.5 Å². The van der Waals surface area contributed by atoms with Crippen LogP contribution in [0.3, 0.4) is 0 Å². The van der Waals surface area contributed by atoms with E-state index >= 15 is 0 Å². The number of phosphoric ester groups is 1. The van der Waals surface area contributed by atoms with Crippen LogP contribution < -0.4 is 18.3 Å². The monoisotopic (exact) mass is 228 g/mol. The number of hydrogen-bond acceptors (Lipinski definition) is 5. The van der Waals surface area contributed by atoms with Gasteiger partial charge in [-0.25, -0.2) is 0 Å². The first-order chi connectivity index (χ1) is 7.07. The molecule has 1 atom stereocenters. The lowest BCUT2D eigenvalue weighted by atomic mass is 10.2. The highest BCUT2D eigenvalue weighted by molar-refractivity contribution is 7.50. The second-order valence-corrected chi connectivity index (χ2v) is 5.05. The van der Waals surface area contributed by atoms with Gasteiger partial charge in [-0.15, -0.1) is 0 Å². The SMILES string of the molecule is CC(C)Oc1ccc2c3c1OP(=O)(O2)O3. The molecule has 0 fully saturated rings. The summed E-state index contributed by atoms with van der Waals surface area (Å²) in [5.41, 5.74) is 0. The quantitative estimate of drug-likeness (QED) is 0.728. The van der Waals surface area contributed by atoms with Gasteiger partial charge in [0.05, 0.1) is 6.10 Å². The Bertz CT molecular complexity index is 482. The van der Waals surface area contributed by atoms with Crippen LogP contribution in [-0.4, -0.2) is 6.10 Å². The van der Waals surface area contributed by atoms with Crippen molar-refractivity contribution in [3.8, 4) is 23.0 Å². The summed E-state index contributed by atoms with van der Waals surface area (Å²) in [6.45, 7) is 3.80. The highest BCUT2D eigenvalue weighted by Gasteiger charge is 2.51. The molecule has 1 aromatic rings. The number of phosphoric acid groups is 1. The molecule has 0 amide bonds. The van der Waals surface area contributed by atoms with E-state index in [-0.39, 0.29) is 6.10 Å². The molecular formula is C9H9O5P. The van der Waals surface area contributed by atoms with Crippen LogP contribution in [0.4, 0.5) is 0 Å². The summed E-state index contributed by atoms with van der Waals surface area (Å²) >= 11 is 0. The van der Waals surface area contributed by atoms with Crippen LogP contribution in [0.25, 0.3) is 0 Å². The lowest BCUT2D eigenvalue weighted by Crippen LogP contribution is -2.07. The minimum atomic E-state index is -3.40. The van der Waals surface area contributed by atoms with Crippen molar-refractivity contribution in [2.75, 3.05) is 0 Å². The molecule has 0 N–H and O–H groups in total. The third-order valence-corrected chi connectivity index (χ3v) is 3.25. The molecule has 0 saturated carbocycles. The van der Waals surface area contributed by atoms with Gasteiger partial charge in [0.2, 0.25) is 11.5 Å². The largest absolute Gasteiger partial charge is 0.647 e. The molecule has 15 heavy (non-hydrogen) atoms. The van der Waals surface area contributed by atoms with E-state index in [1.54, 1.807) is 12.1 Å². The Kier molecular flexibility index (Phi) is 1.55. The minimum Gasteiger partial charge on any atom is -0.487 e. The van der Waals surface area contributed by atoms with E-state index in [0.29, 0.717) is 23.0 Å². The van der Waals surface area contributed by atoms with E-state index in [2.05, 4.69) is 0 Å². The Hall–Kier alpha value is -1.35. The summed E-state index contributed by atoms with van der Waals surface area (Å²) in [5, 5.41) is 0. The molecule has 1 unspecified atom stereocenters. The second-order valence-electron chi connectivity index (χ2n) is 3.61. The zero-order valence-electron chi connectivity index (χ0n) is 8.22. The lowest BCUT2D eigenvalue weighted by molar-refractivity contribution is 0.234. The molecule has 6 heteroatoms. The zero-order valence-corrected chi connectivity index (χ0v) is 9.11. The Morgan fingerprint density at radius 2 is 1.93 bits per heavy atom. The van der Waals surface area contributed by atoms with E-state index in [1.165, 1.54) is 0 Å². The maximum absolute atomic E-state index is 11.6. The topological polar surface area (TPSA) is 54.0 Å². The van der Waals surface area contributed by atoms with Gasteiger partial charge >= 0.3 is 7.82 Å². The minimum absolute atomic E-state index is 0.0175. The lowest BCUT2D eigenvalue weighted by Gasteiger charge is -2.15. The summed E-state index contributed by atoms with van der Waals surface area (Å²) in [7, 11) is -3.40. The first-order valence-electron chi connectivity index (χ1n) is 4.60. The predicted octanol–water partition coefficient (Wildman–Crippen LogP) is 2.75. The normalized spacial score (nSPS) is 24.7. The summed E-state index contributed by atoms with van der Waals surface area (Å²) < 4.78 is 32.2. The predicted molar refractivity (Wildman–Crippen MR) is 51.7 cm³/mol. The third-order valence-electron chi connectivity index (χ3n) is 2.02. The molecule has 2 aliphatic heterocycles. The van der Waals surface area contributed by atoms with Crippen molar-refractivity contribution in [2.45, 2.75) is 20.0 Å². The van der Waals surface area contributed by atoms with Crippen LogP contribution in [0.2, 0.25) is 0 Å². The molecule has 0 aromatic heterocycles. The molecule has 5 nitrogen and oxygen atoms in total. The smallest absolute Gasteiger partial charge is 0.487 e. The van der Waals surface area contributed by atoms with Crippen LogP contribution in [0.5, 0.6) is 23.0 Å². The highest BCUT2D eigenvalue weighted by atomic mass is 31.2. The summed E-state index contributed by atoms with van der Waals surface area (Å²) in [6, 6.07) is 3.38. The van der Waals surface area contributed by atoms with Crippen molar-refractivity contribution in [1.82, 2.24) is 0 Å². The van der Waals surface area contributed by atoms with E-state index in [0.717, 1.165) is 0 Å². The number of rotatable bonds is 2. The van der Waals surface area contributed by atoms with Crippen LogP contribution in [0, 0.1) is 0 Å². The second kappa shape index (κ2) is 2.61. The molecule has 1 aromatic carbocycles. The summed E-state index contributed by atoms with van der Waals surface area (Å²) in [4.78, 5) is 0.